The van der Waals surface area contributed by atoms with E-state index in [2.05, 4.69) is 0 Å². The molecule has 0 aliphatic heterocycles. The average Bonchev–Trinajstić information content (AvgIpc) is 2.57. The molecule has 0 heterocycles. The average molecular weight is 216 g/mol. The van der Waals surface area contributed by atoms with E-state index in [1.807, 2.05) is 18.2 Å². The number of ketones is 1. The summed E-state index contributed by atoms with van der Waals surface area (Å²) in [5.74, 6) is -0.512. The lowest BCUT2D eigenvalue weighted by Gasteiger charge is -1.96. The van der Waals surface area contributed by atoms with Crippen molar-refractivity contribution in [3.05, 3.63) is 47.0 Å². The van der Waals surface area contributed by atoms with Crippen molar-refractivity contribution < 1.29 is 14.3 Å². The largest absolute Gasteiger partial charge is 0.463 e. The molecule has 82 valence electrons. The summed E-state index contributed by atoms with van der Waals surface area (Å²) in [7, 11) is 0. The van der Waals surface area contributed by atoms with E-state index in [-0.39, 0.29) is 5.78 Å². The minimum absolute atomic E-state index is 0.0661. The molecule has 0 amide bonds. The molecular formula is C13H12O3. The van der Waals surface area contributed by atoms with E-state index in [0.29, 0.717) is 24.2 Å². The minimum Gasteiger partial charge on any atom is -0.463 e. The summed E-state index contributed by atoms with van der Waals surface area (Å²) in [4.78, 5) is 23.1. The van der Waals surface area contributed by atoms with E-state index in [0.717, 1.165) is 5.56 Å². The monoisotopic (exact) mass is 216 g/mol. The zero-order valence-electron chi connectivity index (χ0n) is 9.03. The normalized spacial score (nSPS) is 16.3. The van der Waals surface area contributed by atoms with E-state index >= 15 is 0 Å². The molecule has 0 saturated carbocycles. The Morgan fingerprint density at radius 3 is 2.88 bits per heavy atom. The number of benzene rings is 1. The molecule has 0 N–H and O–H groups in total. The third-order valence-electron chi connectivity index (χ3n) is 2.51. The van der Waals surface area contributed by atoms with Gasteiger partial charge in [-0.05, 0) is 12.5 Å². The molecule has 1 aromatic carbocycles. The molecule has 0 bridgehead atoms. The SMILES string of the molecule is CCOC(=O)/C=C1\Cc2ccccc2C1=O. The summed E-state index contributed by atoms with van der Waals surface area (Å²) in [6.07, 6.45) is 1.82. The number of carbonyl (C=O) groups is 2. The van der Waals surface area contributed by atoms with Crippen molar-refractivity contribution in [1.29, 1.82) is 0 Å². The first-order valence-corrected chi connectivity index (χ1v) is 5.22. The lowest BCUT2D eigenvalue weighted by atomic mass is 10.1. The molecule has 0 fully saturated rings. The van der Waals surface area contributed by atoms with Crippen LogP contribution in [0.3, 0.4) is 0 Å². The Bertz CT molecular complexity index is 472. The van der Waals surface area contributed by atoms with Gasteiger partial charge in [-0.3, -0.25) is 4.79 Å². The molecule has 0 spiro atoms. The van der Waals surface area contributed by atoms with Gasteiger partial charge < -0.3 is 4.74 Å². The first-order chi connectivity index (χ1) is 7.72. The van der Waals surface area contributed by atoms with Gasteiger partial charge in [-0.15, -0.1) is 0 Å². The van der Waals surface area contributed by atoms with Crippen molar-refractivity contribution in [2.75, 3.05) is 6.61 Å². The zero-order valence-corrected chi connectivity index (χ0v) is 9.03. The Hall–Kier alpha value is -1.90. The van der Waals surface area contributed by atoms with Crippen LogP contribution in [-0.2, 0) is 16.0 Å². The quantitative estimate of drug-likeness (QED) is 0.560. The Labute approximate surface area is 93.7 Å². The van der Waals surface area contributed by atoms with Crippen LogP contribution in [0.25, 0.3) is 0 Å². The van der Waals surface area contributed by atoms with Gasteiger partial charge in [0.1, 0.15) is 0 Å². The van der Waals surface area contributed by atoms with Gasteiger partial charge in [-0.1, -0.05) is 24.3 Å². The first-order valence-electron chi connectivity index (χ1n) is 5.22. The van der Waals surface area contributed by atoms with Crippen molar-refractivity contribution in [2.24, 2.45) is 0 Å². The van der Waals surface area contributed by atoms with Crippen LogP contribution in [0.5, 0.6) is 0 Å². The number of allylic oxidation sites excluding steroid dienone is 1. The molecule has 3 nitrogen and oxygen atoms in total. The molecule has 0 unspecified atom stereocenters. The van der Waals surface area contributed by atoms with Crippen LogP contribution in [0.2, 0.25) is 0 Å². The number of hydrogen-bond acceptors (Lipinski definition) is 3. The topological polar surface area (TPSA) is 43.4 Å². The van der Waals surface area contributed by atoms with Gasteiger partial charge >= 0.3 is 5.97 Å². The summed E-state index contributed by atoms with van der Waals surface area (Å²) in [6, 6.07) is 7.40. The maximum atomic E-state index is 11.9. The predicted molar refractivity (Wildman–Crippen MR) is 59.2 cm³/mol. The second kappa shape index (κ2) is 4.31. The van der Waals surface area contributed by atoms with Gasteiger partial charge in [0.25, 0.3) is 0 Å². The second-order valence-electron chi connectivity index (χ2n) is 3.58. The summed E-state index contributed by atoms with van der Waals surface area (Å²) < 4.78 is 4.78. The minimum atomic E-state index is -0.446. The van der Waals surface area contributed by atoms with Crippen LogP contribution in [-0.4, -0.2) is 18.4 Å². The number of fused-ring (bicyclic) bond motifs is 1. The number of rotatable bonds is 2. The van der Waals surface area contributed by atoms with Crippen molar-refractivity contribution in [1.82, 2.24) is 0 Å². The van der Waals surface area contributed by atoms with Crippen LogP contribution < -0.4 is 0 Å². The fraction of sp³-hybridized carbons (Fsp3) is 0.231. The zero-order chi connectivity index (χ0) is 11.5. The van der Waals surface area contributed by atoms with E-state index < -0.39 is 5.97 Å². The van der Waals surface area contributed by atoms with Gasteiger partial charge in [-0.25, -0.2) is 4.79 Å². The third-order valence-corrected chi connectivity index (χ3v) is 2.51. The number of carbonyl (C=O) groups excluding carboxylic acids is 2. The van der Waals surface area contributed by atoms with Gasteiger partial charge in [0.2, 0.25) is 0 Å². The Kier molecular flexibility index (Phi) is 2.86. The Morgan fingerprint density at radius 1 is 1.44 bits per heavy atom. The Balaban J connectivity index is 2.25. The van der Waals surface area contributed by atoms with Gasteiger partial charge in [0.15, 0.2) is 5.78 Å². The first kappa shape index (κ1) is 10.6. The van der Waals surface area contributed by atoms with E-state index in [1.165, 1.54) is 6.08 Å². The van der Waals surface area contributed by atoms with Crippen LogP contribution in [0.1, 0.15) is 22.8 Å². The summed E-state index contributed by atoms with van der Waals surface area (Å²) in [5.41, 5.74) is 2.18. The smallest absolute Gasteiger partial charge is 0.331 e. The van der Waals surface area contributed by atoms with E-state index in [9.17, 15) is 9.59 Å². The summed E-state index contributed by atoms with van der Waals surface area (Å²) in [5, 5.41) is 0. The van der Waals surface area contributed by atoms with Crippen molar-refractivity contribution in [3.8, 4) is 0 Å². The molecule has 16 heavy (non-hydrogen) atoms. The maximum absolute atomic E-state index is 11.9. The number of ether oxygens (including phenoxy) is 1. The maximum Gasteiger partial charge on any atom is 0.331 e. The third kappa shape index (κ3) is 1.89. The molecule has 0 aromatic heterocycles. The number of Topliss-reactive ketones (excluding diaryl/α,β-unsaturated/α-hetero) is 1. The molecule has 1 aliphatic rings. The molecule has 1 aromatic rings. The lowest BCUT2D eigenvalue weighted by Crippen LogP contribution is -2.04. The van der Waals surface area contributed by atoms with Crippen LogP contribution in [0.4, 0.5) is 0 Å². The molecule has 1 aliphatic carbocycles. The molecule has 3 heteroatoms. The van der Waals surface area contributed by atoms with Crippen molar-refractivity contribution in [3.63, 3.8) is 0 Å². The fourth-order valence-corrected chi connectivity index (χ4v) is 1.80. The summed E-state index contributed by atoms with van der Waals surface area (Å²) >= 11 is 0. The van der Waals surface area contributed by atoms with Crippen LogP contribution in [0.15, 0.2) is 35.9 Å². The highest BCUT2D eigenvalue weighted by Gasteiger charge is 2.24. The van der Waals surface area contributed by atoms with Crippen molar-refractivity contribution >= 4 is 11.8 Å². The fourth-order valence-electron chi connectivity index (χ4n) is 1.80. The molecule has 0 radical (unpaired) electrons. The van der Waals surface area contributed by atoms with Crippen LogP contribution >= 0.6 is 0 Å². The highest BCUT2D eigenvalue weighted by Crippen LogP contribution is 2.25. The van der Waals surface area contributed by atoms with Crippen molar-refractivity contribution in [2.45, 2.75) is 13.3 Å². The lowest BCUT2D eigenvalue weighted by molar-refractivity contribution is -0.137. The number of esters is 1. The second-order valence-corrected chi connectivity index (χ2v) is 3.58. The molecule has 0 saturated heterocycles. The van der Waals surface area contributed by atoms with Gasteiger partial charge in [-0.2, -0.15) is 0 Å². The highest BCUT2D eigenvalue weighted by atomic mass is 16.5. The summed E-state index contributed by atoms with van der Waals surface area (Å²) in [6.45, 7) is 2.06. The molecule has 0 atom stereocenters. The molecular weight excluding hydrogens is 204 g/mol. The predicted octanol–water partition coefficient (Wildman–Crippen LogP) is 1.91. The Morgan fingerprint density at radius 2 is 2.19 bits per heavy atom. The molecule has 2 rings (SSSR count). The van der Waals surface area contributed by atoms with Gasteiger partial charge in [0, 0.05) is 23.6 Å². The van der Waals surface area contributed by atoms with Crippen LogP contribution in [0, 0.1) is 0 Å². The number of hydrogen-bond donors (Lipinski definition) is 0. The van der Waals surface area contributed by atoms with Gasteiger partial charge in [0.05, 0.1) is 6.61 Å². The van der Waals surface area contributed by atoms with E-state index in [4.69, 9.17) is 4.74 Å². The standard InChI is InChI=1S/C13H12O3/c1-2-16-12(14)8-10-7-9-5-3-4-6-11(9)13(10)15/h3-6,8H,2,7H2,1H3/b10-8+. The van der Waals surface area contributed by atoms with E-state index in [1.54, 1.807) is 13.0 Å². The highest BCUT2D eigenvalue weighted by molar-refractivity contribution is 6.15.